The molecule has 90 valence electrons. The molecule has 2 unspecified atom stereocenters. The highest BCUT2D eigenvalue weighted by molar-refractivity contribution is 5.63. The van der Waals surface area contributed by atoms with Gasteiger partial charge in [-0.2, -0.15) is 0 Å². The molecule has 1 aromatic rings. The van der Waals surface area contributed by atoms with E-state index in [0.717, 1.165) is 5.56 Å². The minimum Gasteiger partial charge on any atom is -0.450 e. The SMILES string of the molecule is O=C(O)OCC1OC(=O)OC1c1ccccc1. The summed E-state index contributed by atoms with van der Waals surface area (Å²) in [6, 6.07) is 8.93. The summed E-state index contributed by atoms with van der Waals surface area (Å²) in [5.74, 6) is 0. The molecule has 1 fully saturated rings. The zero-order valence-electron chi connectivity index (χ0n) is 8.74. The molecule has 0 saturated carbocycles. The molecular formula is C11H10O6. The van der Waals surface area contributed by atoms with E-state index in [1.54, 1.807) is 24.3 Å². The lowest BCUT2D eigenvalue weighted by Gasteiger charge is -2.14. The first-order valence-electron chi connectivity index (χ1n) is 4.95. The first-order valence-corrected chi connectivity index (χ1v) is 4.95. The Morgan fingerprint density at radius 1 is 1.29 bits per heavy atom. The van der Waals surface area contributed by atoms with Gasteiger partial charge in [0.1, 0.15) is 6.61 Å². The van der Waals surface area contributed by atoms with Gasteiger partial charge < -0.3 is 19.3 Å². The standard InChI is InChI=1S/C11H10O6/c12-10(13)15-6-8-9(17-11(14)16-8)7-4-2-1-3-5-7/h1-5,8-9H,6H2,(H,12,13). The van der Waals surface area contributed by atoms with Crippen LogP contribution in [-0.2, 0) is 14.2 Å². The van der Waals surface area contributed by atoms with Gasteiger partial charge in [-0.05, 0) is 5.56 Å². The van der Waals surface area contributed by atoms with Crippen molar-refractivity contribution in [2.45, 2.75) is 12.2 Å². The number of hydrogen-bond donors (Lipinski definition) is 1. The smallest absolute Gasteiger partial charge is 0.450 e. The molecule has 0 aromatic heterocycles. The first kappa shape index (κ1) is 11.3. The van der Waals surface area contributed by atoms with Crippen molar-refractivity contribution in [3.8, 4) is 0 Å². The maximum absolute atomic E-state index is 11.0. The molecule has 2 atom stereocenters. The van der Waals surface area contributed by atoms with Crippen molar-refractivity contribution in [3.63, 3.8) is 0 Å². The molecule has 0 aliphatic carbocycles. The van der Waals surface area contributed by atoms with Crippen LogP contribution < -0.4 is 0 Å². The van der Waals surface area contributed by atoms with Gasteiger partial charge in [-0.3, -0.25) is 0 Å². The van der Waals surface area contributed by atoms with Gasteiger partial charge in [-0.1, -0.05) is 30.3 Å². The summed E-state index contributed by atoms with van der Waals surface area (Å²) in [5.41, 5.74) is 0.734. The number of carbonyl (C=O) groups excluding carboxylic acids is 1. The lowest BCUT2D eigenvalue weighted by atomic mass is 10.1. The maximum Gasteiger partial charge on any atom is 0.509 e. The molecule has 0 spiro atoms. The van der Waals surface area contributed by atoms with Crippen molar-refractivity contribution in [1.82, 2.24) is 0 Å². The summed E-state index contributed by atoms with van der Waals surface area (Å²) in [7, 11) is 0. The number of hydrogen-bond acceptors (Lipinski definition) is 5. The third-order valence-corrected chi connectivity index (χ3v) is 2.31. The van der Waals surface area contributed by atoms with Crippen LogP contribution in [0.1, 0.15) is 11.7 Å². The van der Waals surface area contributed by atoms with Gasteiger partial charge >= 0.3 is 12.3 Å². The van der Waals surface area contributed by atoms with E-state index >= 15 is 0 Å². The van der Waals surface area contributed by atoms with E-state index in [-0.39, 0.29) is 6.61 Å². The second-order valence-corrected chi connectivity index (χ2v) is 3.43. The Balaban J connectivity index is 2.09. The highest BCUT2D eigenvalue weighted by Crippen LogP contribution is 2.30. The largest absolute Gasteiger partial charge is 0.509 e. The number of benzene rings is 1. The molecule has 1 heterocycles. The zero-order valence-corrected chi connectivity index (χ0v) is 8.74. The van der Waals surface area contributed by atoms with Crippen molar-refractivity contribution in [2.75, 3.05) is 6.61 Å². The fourth-order valence-corrected chi connectivity index (χ4v) is 1.59. The van der Waals surface area contributed by atoms with Crippen LogP contribution in [-0.4, -0.2) is 30.1 Å². The molecule has 1 aromatic carbocycles. The number of carboxylic acid groups (broad SMARTS) is 1. The van der Waals surface area contributed by atoms with Crippen LogP contribution in [0.5, 0.6) is 0 Å². The molecule has 0 amide bonds. The van der Waals surface area contributed by atoms with E-state index in [0.29, 0.717) is 0 Å². The second-order valence-electron chi connectivity index (χ2n) is 3.43. The van der Waals surface area contributed by atoms with Crippen LogP contribution >= 0.6 is 0 Å². The Morgan fingerprint density at radius 3 is 2.65 bits per heavy atom. The first-order chi connectivity index (χ1) is 8.16. The van der Waals surface area contributed by atoms with Crippen molar-refractivity contribution >= 4 is 12.3 Å². The number of ether oxygens (including phenoxy) is 3. The molecule has 0 radical (unpaired) electrons. The predicted octanol–water partition coefficient (Wildman–Crippen LogP) is 1.96. The van der Waals surface area contributed by atoms with Gasteiger partial charge in [0.2, 0.25) is 0 Å². The van der Waals surface area contributed by atoms with E-state index in [1.165, 1.54) is 0 Å². The topological polar surface area (TPSA) is 82.1 Å². The summed E-state index contributed by atoms with van der Waals surface area (Å²) in [6.07, 6.45) is -3.62. The zero-order chi connectivity index (χ0) is 12.3. The van der Waals surface area contributed by atoms with Crippen molar-refractivity contribution < 1.29 is 28.9 Å². The molecule has 17 heavy (non-hydrogen) atoms. The predicted molar refractivity (Wildman–Crippen MR) is 54.5 cm³/mol. The Bertz CT molecular complexity index is 415. The molecular weight excluding hydrogens is 228 g/mol. The van der Waals surface area contributed by atoms with Crippen molar-refractivity contribution in [1.29, 1.82) is 0 Å². The molecule has 6 nitrogen and oxygen atoms in total. The lowest BCUT2D eigenvalue weighted by molar-refractivity contribution is 0.0350. The highest BCUT2D eigenvalue weighted by Gasteiger charge is 2.38. The summed E-state index contributed by atoms with van der Waals surface area (Å²) in [6.45, 7) is -0.249. The molecule has 6 heteroatoms. The molecule has 0 bridgehead atoms. The fourth-order valence-electron chi connectivity index (χ4n) is 1.59. The molecule has 1 aliphatic rings. The average Bonchev–Trinajstić information content (AvgIpc) is 2.69. The summed E-state index contributed by atoms with van der Waals surface area (Å²) in [5, 5.41) is 8.39. The Labute approximate surface area is 96.7 Å². The maximum atomic E-state index is 11.0. The average molecular weight is 238 g/mol. The van der Waals surface area contributed by atoms with E-state index in [4.69, 9.17) is 14.6 Å². The normalized spacial score (nSPS) is 22.7. The van der Waals surface area contributed by atoms with Gasteiger partial charge in [0.15, 0.2) is 12.2 Å². The Kier molecular flexibility index (Phi) is 3.13. The van der Waals surface area contributed by atoms with Crippen molar-refractivity contribution in [3.05, 3.63) is 35.9 Å². The molecule has 1 N–H and O–H groups in total. The van der Waals surface area contributed by atoms with Crippen LogP contribution in [0.3, 0.4) is 0 Å². The third kappa shape index (κ3) is 2.66. The highest BCUT2D eigenvalue weighted by atomic mass is 16.8. The van der Waals surface area contributed by atoms with E-state index in [9.17, 15) is 9.59 Å². The van der Waals surface area contributed by atoms with Crippen LogP contribution in [0.4, 0.5) is 9.59 Å². The second kappa shape index (κ2) is 4.73. The number of carbonyl (C=O) groups is 2. The van der Waals surface area contributed by atoms with Crippen LogP contribution in [0.25, 0.3) is 0 Å². The molecule has 1 aliphatic heterocycles. The Hall–Kier alpha value is -2.24. The van der Waals surface area contributed by atoms with E-state index in [2.05, 4.69) is 4.74 Å². The number of rotatable bonds is 3. The van der Waals surface area contributed by atoms with Gasteiger partial charge in [0.05, 0.1) is 0 Å². The molecule has 1 saturated heterocycles. The van der Waals surface area contributed by atoms with Crippen LogP contribution in [0.15, 0.2) is 30.3 Å². The monoisotopic (exact) mass is 238 g/mol. The minimum atomic E-state index is -1.42. The van der Waals surface area contributed by atoms with E-state index in [1.807, 2.05) is 6.07 Å². The van der Waals surface area contributed by atoms with Crippen LogP contribution in [0, 0.1) is 0 Å². The summed E-state index contributed by atoms with van der Waals surface area (Å²) in [4.78, 5) is 21.3. The minimum absolute atomic E-state index is 0.249. The lowest BCUT2D eigenvalue weighted by Crippen LogP contribution is -2.23. The van der Waals surface area contributed by atoms with Gasteiger partial charge in [0, 0.05) is 0 Å². The van der Waals surface area contributed by atoms with Gasteiger partial charge in [-0.25, -0.2) is 9.59 Å². The summed E-state index contributed by atoms with van der Waals surface area (Å²) < 4.78 is 14.2. The quantitative estimate of drug-likeness (QED) is 0.810. The van der Waals surface area contributed by atoms with Crippen molar-refractivity contribution in [2.24, 2.45) is 0 Å². The molecule has 2 rings (SSSR count). The Morgan fingerprint density at radius 2 is 2.00 bits per heavy atom. The third-order valence-electron chi connectivity index (χ3n) is 2.31. The fraction of sp³-hybridized carbons (Fsp3) is 0.273. The number of cyclic esters (lactones) is 2. The van der Waals surface area contributed by atoms with Gasteiger partial charge in [-0.15, -0.1) is 0 Å². The van der Waals surface area contributed by atoms with Crippen LogP contribution in [0.2, 0.25) is 0 Å². The van der Waals surface area contributed by atoms with E-state index < -0.39 is 24.5 Å². The van der Waals surface area contributed by atoms with Gasteiger partial charge in [0.25, 0.3) is 0 Å². The summed E-state index contributed by atoms with van der Waals surface area (Å²) >= 11 is 0.